The molecule has 1 N–H and O–H groups in total. The third-order valence-corrected chi connectivity index (χ3v) is 3.15. The highest BCUT2D eigenvalue weighted by Gasteiger charge is 2.09. The molecule has 0 spiro atoms. The maximum atomic E-state index is 13.0. The van der Waals surface area contributed by atoms with E-state index in [1.165, 1.54) is 17.0 Å². The molecule has 0 aliphatic heterocycles. The number of aliphatic imine (C=N–C) groups is 1. The maximum Gasteiger partial charge on any atom is 0.243 e. The van der Waals surface area contributed by atoms with Crippen LogP contribution in [0.3, 0.4) is 0 Å². The summed E-state index contributed by atoms with van der Waals surface area (Å²) < 4.78 is 18.0. The van der Waals surface area contributed by atoms with Gasteiger partial charge in [0.15, 0.2) is 5.96 Å². The van der Waals surface area contributed by atoms with Crippen molar-refractivity contribution in [1.29, 1.82) is 0 Å². The molecule has 1 rings (SSSR count). The Morgan fingerprint density at radius 3 is 2.42 bits per heavy atom. The van der Waals surface area contributed by atoms with Gasteiger partial charge in [0.05, 0.1) is 6.61 Å². The Bertz CT molecular complexity index is 523. The molecule has 136 valence electrons. The minimum atomic E-state index is -0.264. The van der Waals surface area contributed by atoms with E-state index in [4.69, 9.17) is 4.74 Å². The molecule has 0 heterocycles. The van der Waals surface area contributed by atoms with Gasteiger partial charge in [0, 0.05) is 41.3 Å². The predicted octanol–water partition coefficient (Wildman–Crippen LogP) is 1.56. The Morgan fingerprint density at radius 1 is 1.25 bits per heavy atom. The molecule has 8 heteroatoms. The zero-order valence-corrected chi connectivity index (χ0v) is 16.9. The van der Waals surface area contributed by atoms with Crippen molar-refractivity contribution in [3.8, 4) is 0 Å². The first kappa shape index (κ1) is 22.6. The van der Waals surface area contributed by atoms with Gasteiger partial charge >= 0.3 is 0 Å². The van der Waals surface area contributed by atoms with Gasteiger partial charge in [-0.05, 0) is 17.7 Å². The van der Waals surface area contributed by atoms with Gasteiger partial charge in [-0.2, -0.15) is 0 Å². The van der Waals surface area contributed by atoms with Crippen molar-refractivity contribution in [3.63, 3.8) is 0 Å². The van der Waals surface area contributed by atoms with Gasteiger partial charge in [-0.15, -0.1) is 24.0 Å². The molecule has 0 atom stereocenters. The van der Waals surface area contributed by atoms with E-state index in [9.17, 15) is 9.18 Å². The minimum absolute atomic E-state index is 0. The smallest absolute Gasteiger partial charge is 0.243 e. The summed E-state index contributed by atoms with van der Waals surface area (Å²) in [7, 11) is 6.87. The fourth-order valence-electron chi connectivity index (χ4n) is 1.80. The highest BCUT2D eigenvalue weighted by Crippen LogP contribution is 2.05. The number of guanidine groups is 1. The number of carbonyl (C=O) groups excluding carboxylic acids is 1. The van der Waals surface area contributed by atoms with E-state index in [1.807, 2.05) is 11.9 Å². The zero-order valence-electron chi connectivity index (χ0n) is 14.6. The summed E-state index contributed by atoms with van der Waals surface area (Å²) in [4.78, 5) is 19.4. The van der Waals surface area contributed by atoms with Crippen LogP contribution in [0.1, 0.15) is 5.56 Å². The van der Waals surface area contributed by atoms with Crippen molar-refractivity contribution in [2.75, 3.05) is 47.9 Å². The zero-order chi connectivity index (χ0) is 17.2. The van der Waals surface area contributed by atoms with Crippen LogP contribution in [0.25, 0.3) is 0 Å². The number of likely N-dealkylation sites (N-methyl/N-ethyl adjacent to an activating group) is 1. The lowest BCUT2D eigenvalue weighted by atomic mass is 10.2. The molecule has 0 aliphatic carbocycles. The third kappa shape index (κ3) is 8.44. The number of carbonyl (C=O) groups is 1. The van der Waals surface area contributed by atoms with Gasteiger partial charge in [0.2, 0.25) is 5.91 Å². The van der Waals surface area contributed by atoms with E-state index in [1.54, 1.807) is 33.3 Å². The monoisotopic (exact) mass is 452 g/mol. The molecular formula is C16H26FIN4O2. The number of ether oxygens (including phenoxy) is 1. The number of nitrogens with zero attached hydrogens (tertiary/aromatic N) is 3. The second kappa shape index (κ2) is 12.0. The maximum absolute atomic E-state index is 13.0. The molecule has 24 heavy (non-hydrogen) atoms. The van der Waals surface area contributed by atoms with Gasteiger partial charge in [-0.25, -0.2) is 9.38 Å². The second-order valence-corrected chi connectivity index (χ2v) is 5.33. The summed E-state index contributed by atoms with van der Waals surface area (Å²) in [5.74, 6) is 0.257. The molecule has 0 saturated carbocycles. The number of halogens is 2. The molecule has 0 aromatic heterocycles. The van der Waals surface area contributed by atoms with Crippen LogP contribution in [0, 0.1) is 5.82 Å². The number of methoxy groups -OCH3 is 1. The lowest BCUT2D eigenvalue weighted by Crippen LogP contribution is -2.41. The fourth-order valence-corrected chi connectivity index (χ4v) is 1.80. The van der Waals surface area contributed by atoms with Crippen molar-refractivity contribution in [2.45, 2.75) is 6.54 Å². The van der Waals surface area contributed by atoms with Crippen molar-refractivity contribution in [3.05, 3.63) is 35.6 Å². The first-order valence-corrected chi connectivity index (χ1v) is 7.37. The van der Waals surface area contributed by atoms with E-state index >= 15 is 0 Å². The fraction of sp³-hybridized carbons (Fsp3) is 0.500. The molecule has 0 unspecified atom stereocenters. The summed E-state index contributed by atoms with van der Waals surface area (Å²) in [6, 6.07) is 6.30. The summed E-state index contributed by atoms with van der Waals surface area (Å²) in [6.45, 7) is 1.73. The van der Waals surface area contributed by atoms with Crippen LogP contribution in [0.2, 0.25) is 0 Å². The van der Waals surface area contributed by atoms with E-state index < -0.39 is 0 Å². The van der Waals surface area contributed by atoms with Gasteiger partial charge in [0.25, 0.3) is 0 Å². The minimum Gasteiger partial charge on any atom is -0.383 e. The molecule has 0 aliphatic rings. The number of amides is 1. The standard InChI is InChI=1S/C16H25FN4O2.HI/c1-20(2)15(22)11-19-16(18-9-10-23-4)21(3)12-13-5-7-14(17)8-6-13;/h5-8H,9-12H2,1-4H3,(H,18,19);1H. The molecule has 1 amide bonds. The van der Waals surface area contributed by atoms with Crippen LogP contribution in [0.4, 0.5) is 4.39 Å². The largest absolute Gasteiger partial charge is 0.383 e. The average molecular weight is 452 g/mol. The Kier molecular flexibility index (Phi) is 11.3. The number of nitrogens with one attached hydrogen (secondary N) is 1. The molecule has 0 radical (unpaired) electrons. The molecular weight excluding hydrogens is 426 g/mol. The van der Waals surface area contributed by atoms with Gasteiger partial charge in [-0.3, -0.25) is 4.79 Å². The van der Waals surface area contributed by atoms with Crippen LogP contribution in [0.5, 0.6) is 0 Å². The number of hydrogen-bond donors (Lipinski definition) is 1. The molecule has 1 aromatic carbocycles. The summed E-state index contributed by atoms with van der Waals surface area (Å²) >= 11 is 0. The van der Waals surface area contributed by atoms with E-state index in [-0.39, 0.29) is 42.2 Å². The van der Waals surface area contributed by atoms with Crippen molar-refractivity contribution in [2.24, 2.45) is 4.99 Å². The Morgan fingerprint density at radius 2 is 1.88 bits per heavy atom. The number of benzene rings is 1. The summed E-state index contributed by atoms with van der Waals surface area (Å²) in [5, 5.41) is 3.15. The SMILES string of the molecule is COCCNC(=NCC(=O)N(C)C)N(C)Cc1ccc(F)cc1.I. The van der Waals surface area contributed by atoms with Gasteiger partial charge in [-0.1, -0.05) is 12.1 Å². The van der Waals surface area contributed by atoms with E-state index in [2.05, 4.69) is 10.3 Å². The van der Waals surface area contributed by atoms with Crippen molar-refractivity contribution in [1.82, 2.24) is 15.1 Å². The average Bonchev–Trinajstić information content (AvgIpc) is 2.52. The molecule has 1 aromatic rings. The molecule has 0 saturated heterocycles. The summed E-state index contributed by atoms with van der Waals surface area (Å²) in [6.07, 6.45) is 0. The Hall–Kier alpha value is -1.42. The van der Waals surface area contributed by atoms with E-state index in [0.717, 1.165) is 5.56 Å². The Labute approximate surface area is 160 Å². The lowest BCUT2D eigenvalue weighted by molar-refractivity contribution is -0.127. The van der Waals surface area contributed by atoms with Crippen molar-refractivity contribution < 1.29 is 13.9 Å². The number of rotatable bonds is 7. The van der Waals surface area contributed by atoms with Crippen LogP contribution < -0.4 is 5.32 Å². The van der Waals surface area contributed by atoms with Crippen LogP contribution in [-0.4, -0.2) is 69.6 Å². The second-order valence-electron chi connectivity index (χ2n) is 5.33. The third-order valence-electron chi connectivity index (χ3n) is 3.15. The van der Waals surface area contributed by atoms with Crippen LogP contribution in [0.15, 0.2) is 29.3 Å². The van der Waals surface area contributed by atoms with E-state index in [0.29, 0.717) is 25.7 Å². The normalized spacial score (nSPS) is 10.8. The lowest BCUT2D eigenvalue weighted by Gasteiger charge is -2.23. The first-order chi connectivity index (χ1) is 10.9. The quantitative estimate of drug-likeness (QED) is 0.295. The highest BCUT2D eigenvalue weighted by molar-refractivity contribution is 14.0. The predicted molar refractivity (Wildman–Crippen MR) is 104 cm³/mol. The molecule has 6 nitrogen and oxygen atoms in total. The Balaban J connectivity index is 0.00000529. The topological polar surface area (TPSA) is 57.2 Å². The molecule has 0 bridgehead atoms. The number of hydrogen-bond acceptors (Lipinski definition) is 3. The van der Waals surface area contributed by atoms with Gasteiger partial charge < -0.3 is 19.9 Å². The van der Waals surface area contributed by atoms with Gasteiger partial charge in [0.1, 0.15) is 12.4 Å². The highest BCUT2D eigenvalue weighted by atomic mass is 127. The van der Waals surface area contributed by atoms with Crippen molar-refractivity contribution >= 4 is 35.8 Å². The van der Waals surface area contributed by atoms with Crippen LogP contribution >= 0.6 is 24.0 Å². The van der Waals surface area contributed by atoms with Crippen LogP contribution in [-0.2, 0) is 16.1 Å². The molecule has 0 fully saturated rings. The first-order valence-electron chi connectivity index (χ1n) is 7.37. The summed E-state index contributed by atoms with van der Waals surface area (Å²) in [5.41, 5.74) is 0.953.